The zero-order valence-electron chi connectivity index (χ0n) is 12.3. The molecule has 1 aromatic carbocycles. The number of hydrogen-bond donors (Lipinski definition) is 2. The molecule has 2 heterocycles. The zero-order valence-corrected chi connectivity index (χ0v) is 12.3. The van der Waals surface area contributed by atoms with Crippen LogP contribution in [0.15, 0.2) is 47.2 Å². The highest BCUT2D eigenvalue weighted by molar-refractivity contribution is 6.10. The maximum absolute atomic E-state index is 12.6. The Morgan fingerprint density at radius 1 is 1.30 bits per heavy atom. The third-order valence-electron chi connectivity index (χ3n) is 3.63. The molecule has 1 aliphatic heterocycles. The van der Waals surface area contributed by atoms with Crippen LogP contribution >= 0.6 is 0 Å². The van der Waals surface area contributed by atoms with Gasteiger partial charge < -0.3 is 15.2 Å². The van der Waals surface area contributed by atoms with Gasteiger partial charge in [-0.1, -0.05) is 35.5 Å². The molecule has 0 bridgehead atoms. The first-order valence-electron chi connectivity index (χ1n) is 6.90. The molecule has 8 nitrogen and oxygen atoms in total. The van der Waals surface area contributed by atoms with Gasteiger partial charge in [-0.3, -0.25) is 14.5 Å². The highest BCUT2D eigenvalue weighted by Crippen LogP contribution is 2.28. The molecule has 1 aromatic heterocycles. The number of nitrogens with zero attached hydrogens (tertiary/aromatic N) is 2. The quantitative estimate of drug-likeness (QED) is 0.822. The van der Waals surface area contributed by atoms with Crippen molar-refractivity contribution < 1.29 is 18.9 Å². The van der Waals surface area contributed by atoms with Crippen molar-refractivity contribution in [3.63, 3.8) is 0 Å². The number of rotatable bonds is 4. The monoisotopic (exact) mass is 314 g/mol. The fourth-order valence-corrected chi connectivity index (χ4v) is 2.41. The van der Waals surface area contributed by atoms with Gasteiger partial charge in [-0.25, -0.2) is 4.79 Å². The maximum Gasteiger partial charge on any atom is 0.325 e. The Bertz CT molecular complexity index is 744. The minimum Gasteiger partial charge on any atom is -0.363 e. The fraction of sp³-hybridized carbons (Fsp3) is 0.200. The summed E-state index contributed by atoms with van der Waals surface area (Å²) in [6, 6.07) is 9.71. The Balaban J connectivity index is 1.75. The predicted octanol–water partition coefficient (Wildman–Crippen LogP) is 1.08. The van der Waals surface area contributed by atoms with Crippen LogP contribution in [0.4, 0.5) is 10.6 Å². The van der Waals surface area contributed by atoms with Crippen molar-refractivity contribution >= 4 is 23.7 Å². The van der Waals surface area contributed by atoms with E-state index in [0.717, 1.165) is 4.90 Å². The molecule has 1 atom stereocenters. The standard InChI is InChI=1S/C15H14N4O4/c1-15(10-5-3-2-4-6-10)13(21)19(14(22)17-15)9-12(20)16-11-7-8-23-18-11/h2-8H,9H2,1H3,(H,17,22)(H,16,18,20)/t15-/m0/s1. The van der Waals surface area contributed by atoms with E-state index < -0.39 is 29.9 Å². The lowest BCUT2D eigenvalue weighted by atomic mass is 9.92. The highest BCUT2D eigenvalue weighted by Gasteiger charge is 2.49. The molecule has 0 radical (unpaired) electrons. The number of amides is 4. The van der Waals surface area contributed by atoms with Crippen molar-refractivity contribution in [3.8, 4) is 0 Å². The summed E-state index contributed by atoms with van der Waals surface area (Å²) in [7, 11) is 0. The van der Waals surface area contributed by atoms with Crippen LogP contribution in [0.5, 0.6) is 0 Å². The van der Waals surface area contributed by atoms with E-state index in [1.807, 2.05) is 6.07 Å². The average Bonchev–Trinajstić information content (AvgIpc) is 3.11. The summed E-state index contributed by atoms with van der Waals surface area (Å²) < 4.78 is 4.59. The predicted molar refractivity (Wildman–Crippen MR) is 79.2 cm³/mol. The van der Waals surface area contributed by atoms with Crippen LogP contribution in [-0.4, -0.2) is 34.4 Å². The molecule has 2 aromatic rings. The van der Waals surface area contributed by atoms with Gasteiger partial charge in [0.25, 0.3) is 5.91 Å². The number of anilines is 1. The topological polar surface area (TPSA) is 105 Å². The summed E-state index contributed by atoms with van der Waals surface area (Å²) in [5, 5.41) is 8.61. The van der Waals surface area contributed by atoms with Crippen LogP contribution in [0.1, 0.15) is 12.5 Å². The molecule has 0 unspecified atom stereocenters. The van der Waals surface area contributed by atoms with Crippen LogP contribution in [0.25, 0.3) is 0 Å². The third-order valence-corrected chi connectivity index (χ3v) is 3.63. The minimum atomic E-state index is -1.19. The first-order chi connectivity index (χ1) is 11.0. The Hall–Kier alpha value is -3.16. The van der Waals surface area contributed by atoms with E-state index >= 15 is 0 Å². The van der Waals surface area contributed by atoms with E-state index in [2.05, 4.69) is 20.3 Å². The summed E-state index contributed by atoms with van der Waals surface area (Å²) in [6.45, 7) is 1.21. The summed E-state index contributed by atoms with van der Waals surface area (Å²) in [4.78, 5) is 37.5. The van der Waals surface area contributed by atoms with Crippen LogP contribution in [0.3, 0.4) is 0 Å². The first-order valence-corrected chi connectivity index (χ1v) is 6.90. The second-order valence-electron chi connectivity index (χ2n) is 5.25. The summed E-state index contributed by atoms with van der Waals surface area (Å²) in [5.41, 5.74) is -0.537. The van der Waals surface area contributed by atoms with Gasteiger partial charge in [0.2, 0.25) is 5.91 Å². The van der Waals surface area contributed by atoms with Crippen LogP contribution in [0.2, 0.25) is 0 Å². The molecule has 4 amide bonds. The zero-order chi connectivity index (χ0) is 16.4. The molecular formula is C15H14N4O4. The lowest BCUT2D eigenvalue weighted by Crippen LogP contribution is -2.42. The SMILES string of the molecule is C[C@@]1(c2ccccc2)NC(=O)N(CC(=O)Nc2ccon2)C1=O. The van der Waals surface area contributed by atoms with Gasteiger partial charge in [0, 0.05) is 6.07 Å². The van der Waals surface area contributed by atoms with Gasteiger partial charge >= 0.3 is 6.03 Å². The molecule has 2 N–H and O–H groups in total. The van der Waals surface area contributed by atoms with E-state index in [4.69, 9.17) is 0 Å². The Morgan fingerprint density at radius 2 is 2.04 bits per heavy atom. The van der Waals surface area contributed by atoms with Crippen LogP contribution in [0, 0.1) is 0 Å². The van der Waals surface area contributed by atoms with Gasteiger partial charge in [-0.2, -0.15) is 0 Å². The number of carbonyl (C=O) groups is 3. The van der Waals surface area contributed by atoms with Crippen LogP contribution < -0.4 is 10.6 Å². The number of benzene rings is 1. The van der Waals surface area contributed by atoms with Crippen molar-refractivity contribution in [2.24, 2.45) is 0 Å². The van der Waals surface area contributed by atoms with Crippen molar-refractivity contribution in [2.75, 3.05) is 11.9 Å². The van der Waals surface area contributed by atoms with Gasteiger partial charge in [0.05, 0.1) is 0 Å². The number of aromatic nitrogens is 1. The van der Waals surface area contributed by atoms with E-state index in [1.165, 1.54) is 12.3 Å². The van der Waals surface area contributed by atoms with Crippen LogP contribution in [-0.2, 0) is 15.1 Å². The number of carbonyl (C=O) groups excluding carboxylic acids is 3. The number of hydrogen-bond acceptors (Lipinski definition) is 5. The van der Waals surface area contributed by atoms with Crippen molar-refractivity contribution in [1.29, 1.82) is 0 Å². The van der Waals surface area contributed by atoms with Gasteiger partial charge in [-0.05, 0) is 12.5 Å². The van der Waals surface area contributed by atoms with Gasteiger partial charge in [-0.15, -0.1) is 0 Å². The number of imide groups is 1. The third kappa shape index (κ3) is 2.66. The molecule has 0 saturated carbocycles. The maximum atomic E-state index is 12.6. The summed E-state index contributed by atoms with van der Waals surface area (Å²) in [6.07, 6.45) is 1.30. The molecule has 1 saturated heterocycles. The number of nitrogens with one attached hydrogen (secondary N) is 2. The molecule has 1 aliphatic rings. The van der Waals surface area contributed by atoms with Gasteiger partial charge in [0.15, 0.2) is 5.82 Å². The second kappa shape index (κ2) is 5.56. The average molecular weight is 314 g/mol. The second-order valence-corrected chi connectivity index (χ2v) is 5.25. The fourth-order valence-electron chi connectivity index (χ4n) is 2.41. The molecular weight excluding hydrogens is 300 g/mol. The Labute approximate surface area is 131 Å². The number of urea groups is 1. The normalized spacial score (nSPS) is 20.5. The highest BCUT2D eigenvalue weighted by atomic mass is 16.5. The van der Waals surface area contributed by atoms with E-state index in [1.54, 1.807) is 31.2 Å². The first kappa shape index (κ1) is 14.8. The van der Waals surface area contributed by atoms with E-state index in [-0.39, 0.29) is 5.82 Å². The van der Waals surface area contributed by atoms with Gasteiger partial charge in [0.1, 0.15) is 18.3 Å². The Kier molecular flexibility index (Phi) is 3.57. The molecule has 0 aliphatic carbocycles. The van der Waals surface area contributed by atoms with E-state index in [9.17, 15) is 14.4 Å². The smallest absolute Gasteiger partial charge is 0.325 e. The Morgan fingerprint density at radius 3 is 2.70 bits per heavy atom. The molecule has 3 rings (SSSR count). The molecule has 118 valence electrons. The summed E-state index contributed by atoms with van der Waals surface area (Å²) in [5.74, 6) is -0.809. The largest absolute Gasteiger partial charge is 0.363 e. The molecule has 8 heteroatoms. The van der Waals surface area contributed by atoms with Crippen molar-refractivity contribution in [3.05, 3.63) is 48.2 Å². The molecule has 1 fully saturated rings. The molecule has 0 spiro atoms. The van der Waals surface area contributed by atoms with Crippen molar-refractivity contribution in [1.82, 2.24) is 15.4 Å². The lowest BCUT2D eigenvalue weighted by molar-refractivity contribution is -0.133. The lowest BCUT2D eigenvalue weighted by Gasteiger charge is -2.21. The van der Waals surface area contributed by atoms with Crippen molar-refractivity contribution in [2.45, 2.75) is 12.5 Å². The molecule has 23 heavy (non-hydrogen) atoms. The van der Waals surface area contributed by atoms with E-state index in [0.29, 0.717) is 5.56 Å². The summed E-state index contributed by atoms with van der Waals surface area (Å²) >= 11 is 0. The minimum absolute atomic E-state index is 0.216.